The molecule has 0 fully saturated rings. The Labute approximate surface area is 114 Å². The van der Waals surface area contributed by atoms with Gasteiger partial charge in [-0.2, -0.15) is 0 Å². The monoisotopic (exact) mass is 265 g/mol. The summed E-state index contributed by atoms with van der Waals surface area (Å²) in [5.74, 6) is 0.0812. The number of hydrogen-bond donors (Lipinski definition) is 2. The smallest absolute Gasteiger partial charge is 0.307 e. The van der Waals surface area contributed by atoms with Crippen molar-refractivity contribution in [2.75, 3.05) is 7.11 Å². The van der Waals surface area contributed by atoms with Crippen LogP contribution < -0.4 is 5.73 Å². The molecule has 1 aromatic carbocycles. The zero-order chi connectivity index (χ0) is 14.4. The molecule has 4 heteroatoms. The highest BCUT2D eigenvalue weighted by molar-refractivity contribution is 5.70. The molecular formula is C15H23NO3. The van der Waals surface area contributed by atoms with Crippen molar-refractivity contribution < 1.29 is 14.6 Å². The van der Waals surface area contributed by atoms with Gasteiger partial charge in [0.2, 0.25) is 0 Å². The van der Waals surface area contributed by atoms with Crippen LogP contribution in [0.2, 0.25) is 0 Å². The topological polar surface area (TPSA) is 72.5 Å². The maximum absolute atomic E-state index is 11.1. The van der Waals surface area contributed by atoms with Crippen LogP contribution in [-0.2, 0) is 9.53 Å². The van der Waals surface area contributed by atoms with Gasteiger partial charge < -0.3 is 15.6 Å². The molecule has 3 atom stereocenters. The van der Waals surface area contributed by atoms with Crippen LogP contribution in [0, 0.1) is 0 Å². The Kier molecular flexibility index (Phi) is 5.99. The number of ether oxygens (including phenoxy) is 1. The number of nitrogens with two attached hydrogens (primary N) is 1. The highest BCUT2D eigenvalue weighted by atomic mass is 16.5. The highest BCUT2D eigenvalue weighted by Gasteiger charge is 2.20. The molecule has 0 aliphatic heterocycles. The number of aliphatic hydroxyl groups is 1. The average molecular weight is 265 g/mol. The van der Waals surface area contributed by atoms with Gasteiger partial charge in [-0.15, -0.1) is 0 Å². The van der Waals surface area contributed by atoms with Crippen molar-refractivity contribution in [3.63, 3.8) is 0 Å². The highest BCUT2D eigenvalue weighted by Crippen LogP contribution is 2.23. The summed E-state index contributed by atoms with van der Waals surface area (Å²) < 4.78 is 4.54. The third kappa shape index (κ3) is 4.33. The molecule has 0 radical (unpaired) electrons. The number of carbonyl (C=O) groups excluding carboxylic acids is 1. The second-order valence-corrected chi connectivity index (χ2v) is 4.86. The second-order valence-electron chi connectivity index (χ2n) is 4.86. The van der Waals surface area contributed by atoms with Gasteiger partial charge in [0.25, 0.3) is 0 Å². The van der Waals surface area contributed by atoms with E-state index in [2.05, 4.69) is 18.6 Å². The van der Waals surface area contributed by atoms with Crippen LogP contribution >= 0.6 is 0 Å². The van der Waals surface area contributed by atoms with E-state index in [1.807, 2.05) is 24.3 Å². The number of rotatable bonds is 6. The van der Waals surface area contributed by atoms with E-state index in [4.69, 9.17) is 5.73 Å². The van der Waals surface area contributed by atoms with Gasteiger partial charge in [-0.1, -0.05) is 38.1 Å². The van der Waals surface area contributed by atoms with Gasteiger partial charge in [0, 0.05) is 6.04 Å². The third-order valence-corrected chi connectivity index (χ3v) is 3.49. The van der Waals surface area contributed by atoms with Gasteiger partial charge in [-0.3, -0.25) is 4.79 Å². The largest absolute Gasteiger partial charge is 0.469 e. The number of esters is 1. The van der Waals surface area contributed by atoms with Crippen molar-refractivity contribution in [1.29, 1.82) is 0 Å². The quantitative estimate of drug-likeness (QED) is 0.773. The Morgan fingerprint density at radius 3 is 2.32 bits per heavy atom. The van der Waals surface area contributed by atoms with Crippen molar-refractivity contribution >= 4 is 5.97 Å². The minimum absolute atomic E-state index is 0.00474. The van der Waals surface area contributed by atoms with Crippen LogP contribution in [0.3, 0.4) is 0 Å². The molecular weight excluding hydrogens is 242 g/mol. The Hall–Kier alpha value is -1.39. The Balaban J connectivity index is 2.71. The van der Waals surface area contributed by atoms with Crippen LogP contribution in [0.15, 0.2) is 24.3 Å². The molecule has 0 aromatic heterocycles. The predicted molar refractivity (Wildman–Crippen MR) is 74.7 cm³/mol. The van der Waals surface area contributed by atoms with Crippen molar-refractivity contribution in [2.24, 2.45) is 5.73 Å². The summed E-state index contributed by atoms with van der Waals surface area (Å²) in [4.78, 5) is 11.1. The number of aliphatic hydroxyl groups excluding tert-OH is 1. The summed E-state index contributed by atoms with van der Waals surface area (Å²) in [5, 5.41) is 10.1. The second kappa shape index (κ2) is 7.26. The summed E-state index contributed by atoms with van der Waals surface area (Å²) in [5.41, 5.74) is 7.76. The molecule has 0 aliphatic carbocycles. The molecule has 0 bridgehead atoms. The van der Waals surface area contributed by atoms with E-state index in [-0.39, 0.29) is 6.42 Å². The van der Waals surface area contributed by atoms with Gasteiger partial charge in [-0.25, -0.2) is 0 Å². The molecule has 0 aliphatic rings. The molecule has 0 heterocycles. The molecule has 0 saturated heterocycles. The van der Waals surface area contributed by atoms with Crippen molar-refractivity contribution in [1.82, 2.24) is 0 Å². The lowest BCUT2D eigenvalue weighted by atomic mass is 9.94. The summed E-state index contributed by atoms with van der Waals surface area (Å²) >= 11 is 0. The lowest BCUT2D eigenvalue weighted by Crippen LogP contribution is -2.31. The molecule has 0 amide bonds. The van der Waals surface area contributed by atoms with Crippen molar-refractivity contribution in [3.05, 3.63) is 35.4 Å². The van der Waals surface area contributed by atoms with Gasteiger partial charge in [-0.05, 0) is 23.5 Å². The van der Waals surface area contributed by atoms with Gasteiger partial charge >= 0.3 is 5.97 Å². The maximum Gasteiger partial charge on any atom is 0.307 e. The minimum Gasteiger partial charge on any atom is -0.469 e. The van der Waals surface area contributed by atoms with E-state index in [0.717, 1.165) is 12.0 Å². The Morgan fingerprint density at radius 2 is 1.84 bits per heavy atom. The molecule has 0 saturated carbocycles. The van der Waals surface area contributed by atoms with Crippen LogP contribution in [0.4, 0.5) is 0 Å². The summed E-state index contributed by atoms with van der Waals surface area (Å²) in [7, 11) is 1.31. The predicted octanol–water partition coefficient (Wildman–Crippen LogP) is 2.12. The molecule has 1 aromatic rings. The van der Waals surface area contributed by atoms with Crippen LogP contribution in [-0.4, -0.2) is 24.2 Å². The van der Waals surface area contributed by atoms with E-state index in [0.29, 0.717) is 5.92 Å². The minimum atomic E-state index is -0.856. The summed E-state index contributed by atoms with van der Waals surface area (Å²) in [6.07, 6.45) is 0.222. The first-order chi connectivity index (χ1) is 8.99. The van der Waals surface area contributed by atoms with Crippen molar-refractivity contribution in [3.8, 4) is 0 Å². The average Bonchev–Trinajstić information content (AvgIpc) is 2.45. The molecule has 3 unspecified atom stereocenters. The first-order valence-electron chi connectivity index (χ1n) is 6.59. The van der Waals surface area contributed by atoms with E-state index >= 15 is 0 Å². The maximum atomic E-state index is 11.1. The van der Waals surface area contributed by atoms with Gasteiger partial charge in [0.15, 0.2) is 0 Å². The van der Waals surface area contributed by atoms with Gasteiger partial charge in [0.05, 0.1) is 19.6 Å². The fourth-order valence-electron chi connectivity index (χ4n) is 1.89. The summed E-state index contributed by atoms with van der Waals surface area (Å²) in [6.45, 7) is 4.30. The number of carbonyl (C=O) groups is 1. The van der Waals surface area contributed by atoms with Crippen LogP contribution in [0.5, 0.6) is 0 Å². The normalized spacial score (nSPS) is 15.6. The lowest BCUT2D eigenvalue weighted by Gasteiger charge is -2.19. The van der Waals surface area contributed by atoms with E-state index in [9.17, 15) is 9.90 Å². The van der Waals surface area contributed by atoms with Crippen LogP contribution in [0.1, 0.15) is 49.8 Å². The third-order valence-electron chi connectivity index (χ3n) is 3.49. The fraction of sp³-hybridized carbons (Fsp3) is 0.533. The number of hydrogen-bond acceptors (Lipinski definition) is 4. The van der Waals surface area contributed by atoms with E-state index < -0.39 is 18.1 Å². The first kappa shape index (κ1) is 15.7. The molecule has 1 rings (SSSR count). The molecule has 106 valence electrons. The SMILES string of the molecule is CCC(C)c1ccc(C(O)C(N)CC(=O)OC)cc1. The lowest BCUT2D eigenvalue weighted by molar-refractivity contribution is -0.141. The number of methoxy groups -OCH3 is 1. The molecule has 4 nitrogen and oxygen atoms in total. The summed E-state index contributed by atoms with van der Waals surface area (Å²) in [6, 6.07) is 7.07. The molecule has 19 heavy (non-hydrogen) atoms. The Morgan fingerprint density at radius 1 is 1.32 bits per heavy atom. The van der Waals surface area contributed by atoms with Gasteiger partial charge in [0.1, 0.15) is 0 Å². The zero-order valence-electron chi connectivity index (χ0n) is 11.8. The number of benzene rings is 1. The zero-order valence-corrected chi connectivity index (χ0v) is 11.8. The van der Waals surface area contributed by atoms with E-state index in [1.54, 1.807) is 0 Å². The standard InChI is InChI=1S/C15H23NO3/c1-4-10(2)11-5-7-12(8-6-11)15(18)13(16)9-14(17)19-3/h5-8,10,13,15,18H,4,9,16H2,1-3H3. The first-order valence-corrected chi connectivity index (χ1v) is 6.59. The Bertz CT molecular complexity index is 402. The van der Waals surface area contributed by atoms with Crippen molar-refractivity contribution in [2.45, 2.75) is 44.8 Å². The van der Waals surface area contributed by atoms with Crippen LogP contribution in [0.25, 0.3) is 0 Å². The van der Waals surface area contributed by atoms with E-state index in [1.165, 1.54) is 12.7 Å². The molecule has 3 N–H and O–H groups in total. The molecule has 0 spiro atoms. The fourth-order valence-corrected chi connectivity index (χ4v) is 1.89.